The van der Waals surface area contributed by atoms with E-state index in [0.29, 0.717) is 29.6 Å². The van der Waals surface area contributed by atoms with E-state index in [9.17, 15) is 9.00 Å². The van der Waals surface area contributed by atoms with Gasteiger partial charge in [-0.05, 0) is 24.3 Å². The molecule has 0 amide bonds. The highest BCUT2D eigenvalue weighted by Crippen LogP contribution is 2.32. The minimum Gasteiger partial charge on any atom is -0.486 e. The molecule has 110 valence electrons. The summed E-state index contributed by atoms with van der Waals surface area (Å²) in [6.07, 6.45) is 0. The van der Waals surface area contributed by atoms with Crippen LogP contribution in [0, 0.1) is 0 Å². The normalized spacial score (nSPS) is 14.7. The predicted octanol–water partition coefficient (Wildman–Crippen LogP) is 2.53. The molecule has 0 bridgehead atoms. The second kappa shape index (κ2) is 5.87. The van der Waals surface area contributed by atoms with Crippen LogP contribution >= 0.6 is 11.3 Å². The number of hydrogen-bond acceptors (Lipinski definition) is 5. The van der Waals surface area contributed by atoms with Gasteiger partial charge in [0, 0.05) is 15.8 Å². The summed E-state index contributed by atoms with van der Waals surface area (Å²) < 4.78 is 23.2. The Morgan fingerprint density at radius 3 is 2.67 bits per heavy atom. The average molecular weight is 324 g/mol. The van der Waals surface area contributed by atoms with Crippen molar-refractivity contribution < 1.29 is 23.6 Å². The lowest BCUT2D eigenvalue weighted by molar-refractivity contribution is 0.0702. The van der Waals surface area contributed by atoms with Gasteiger partial charge in [-0.25, -0.2) is 4.79 Å². The summed E-state index contributed by atoms with van der Waals surface area (Å²) >= 11 is 1.14. The van der Waals surface area contributed by atoms with E-state index < -0.39 is 16.8 Å². The van der Waals surface area contributed by atoms with E-state index in [1.54, 1.807) is 24.3 Å². The van der Waals surface area contributed by atoms with Crippen LogP contribution in [0.2, 0.25) is 0 Å². The van der Waals surface area contributed by atoms with Crippen LogP contribution in [0.3, 0.4) is 0 Å². The number of ether oxygens (including phenoxy) is 2. The number of hydrogen-bond donors (Lipinski definition) is 1. The van der Waals surface area contributed by atoms with E-state index in [1.165, 1.54) is 6.07 Å². The van der Waals surface area contributed by atoms with Gasteiger partial charge >= 0.3 is 5.97 Å². The maximum Gasteiger partial charge on any atom is 0.345 e. The largest absolute Gasteiger partial charge is 0.486 e. The Balaban J connectivity index is 1.77. The summed E-state index contributed by atoms with van der Waals surface area (Å²) in [4.78, 5) is 12.5. The second-order valence-corrected chi connectivity index (χ2v) is 6.99. The fourth-order valence-corrected chi connectivity index (χ4v) is 4.13. The number of aromatic carboxylic acids is 1. The minimum atomic E-state index is -1.25. The van der Waals surface area contributed by atoms with Crippen LogP contribution in [-0.2, 0) is 16.6 Å². The molecule has 1 aliphatic rings. The third kappa shape index (κ3) is 3.08. The monoisotopic (exact) mass is 324 g/mol. The van der Waals surface area contributed by atoms with Crippen molar-refractivity contribution in [3.63, 3.8) is 0 Å². The highest BCUT2D eigenvalue weighted by Gasteiger charge is 2.15. The molecule has 1 aromatic heterocycles. The molecule has 3 rings (SSSR count). The fourth-order valence-electron chi connectivity index (χ4n) is 1.95. The van der Waals surface area contributed by atoms with Crippen molar-refractivity contribution in [1.82, 2.24) is 0 Å². The standard InChI is InChI=1S/C14H12O5S2/c15-14(16)13-4-1-9(20-13)8-21(17)10-2-3-11-12(7-10)19-6-5-18-11/h1-4,7H,5-6,8H2,(H,15,16). The van der Waals surface area contributed by atoms with Gasteiger partial charge in [0.25, 0.3) is 0 Å². The van der Waals surface area contributed by atoms with E-state index in [0.717, 1.165) is 16.2 Å². The van der Waals surface area contributed by atoms with E-state index in [4.69, 9.17) is 14.6 Å². The quantitative estimate of drug-likeness (QED) is 0.935. The van der Waals surface area contributed by atoms with Crippen LogP contribution in [0.5, 0.6) is 11.5 Å². The average Bonchev–Trinajstić information content (AvgIpc) is 2.95. The number of carbonyl (C=O) groups is 1. The zero-order chi connectivity index (χ0) is 14.8. The summed E-state index contributed by atoms with van der Waals surface area (Å²) in [5.74, 6) is 0.588. The molecule has 0 saturated heterocycles. The van der Waals surface area contributed by atoms with Gasteiger partial charge in [0.2, 0.25) is 0 Å². The second-order valence-electron chi connectivity index (χ2n) is 4.37. The number of thiophene rings is 1. The van der Waals surface area contributed by atoms with Gasteiger partial charge in [-0.1, -0.05) is 0 Å². The van der Waals surface area contributed by atoms with Crippen molar-refractivity contribution >= 4 is 28.1 Å². The van der Waals surface area contributed by atoms with Crippen LogP contribution in [0.25, 0.3) is 0 Å². The maximum atomic E-state index is 12.4. The van der Waals surface area contributed by atoms with Gasteiger partial charge in [-0.3, -0.25) is 4.21 Å². The molecule has 1 unspecified atom stereocenters. The Bertz CT molecular complexity index is 707. The van der Waals surface area contributed by atoms with Crippen molar-refractivity contribution in [1.29, 1.82) is 0 Å². The van der Waals surface area contributed by atoms with Crippen LogP contribution in [-0.4, -0.2) is 28.5 Å². The van der Waals surface area contributed by atoms with Crippen LogP contribution in [0.4, 0.5) is 0 Å². The molecule has 5 nitrogen and oxygen atoms in total. The van der Waals surface area contributed by atoms with Crippen molar-refractivity contribution in [3.8, 4) is 11.5 Å². The lowest BCUT2D eigenvalue weighted by Gasteiger charge is -2.18. The molecule has 2 aromatic rings. The fraction of sp³-hybridized carbons (Fsp3) is 0.214. The molecule has 1 atom stereocenters. The predicted molar refractivity (Wildman–Crippen MR) is 78.8 cm³/mol. The number of benzene rings is 1. The van der Waals surface area contributed by atoms with Crippen LogP contribution in [0.15, 0.2) is 35.2 Å². The lowest BCUT2D eigenvalue weighted by Crippen LogP contribution is -2.15. The molecule has 21 heavy (non-hydrogen) atoms. The number of fused-ring (bicyclic) bond motifs is 1. The molecular weight excluding hydrogens is 312 g/mol. The highest BCUT2D eigenvalue weighted by molar-refractivity contribution is 7.84. The smallest absolute Gasteiger partial charge is 0.345 e. The van der Waals surface area contributed by atoms with Gasteiger partial charge in [-0.15, -0.1) is 11.3 Å². The van der Waals surface area contributed by atoms with Crippen molar-refractivity contribution in [2.75, 3.05) is 13.2 Å². The van der Waals surface area contributed by atoms with E-state index in [2.05, 4.69) is 0 Å². The van der Waals surface area contributed by atoms with E-state index in [1.807, 2.05) is 0 Å². The first-order valence-corrected chi connectivity index (χ1v) is 8.37. The number of carboxylic acid groups (broad SMARTS) is 1. The zero-order valence-electron chi connectivity index (χ0n) is 10.9. The van der Waals surface area contributed by atoms with Crippen molar-refractivity contribution in [2.45, 2.75) is 10.6 Å². The first-order valence-electron chi connectivity index (χ1n) is 6.23. The summed E-state index contributed by atoms with van der Waals surface area (Å²) in [7, 11) is -1.25. The van der Waals surface area contributed by atoms with E-state index in [-0.39, 0.29) is 10.6 Å². The van der Waals surface area contributed by atoms with Crippen LogP contribution < -0.4 is 9.47 Å². The molecule has 1 N–H and O–H groups in total. The molecule has 0 aliphatic carbocycles. The first-order chi connectivity index (χ1) is 10.1. The first kappa shape index (κ1) is 14.1. The van der Waals surface area contributed by atoms with Gasteiger partial charge in [0.1, 0.15) is 18.1 Å². The summed E-state index contributed by atoms with van der Waals surface area (Å²) in [5, 5.41) is 8.89. The third-order valence-corrected chi connectivity index (χ3v) is 5.53. The number of carboxylic acids is 1. The molecular formula is C14H12O5S2. The highest BCUT2D eigenvalue weighted by atomic mass is 32.2. The van der Waals surface area contributed by atoms with Crippen molar-refractivity contribution in [2.24, 2.45) is 0 Å². The molecule has 1 aromatic carbocycles. The van der Waals surface area contributed by atoms with E-state index >= 15 is 0 Å². The molecule has 0 radical (unpaired) electrons. The molecule has 7 heteroatoms. The third-order valence-electron chi connectivity index (χ3n) is 2.92. The topological polar surface area (TPSA) is 72.8 Å². The Labute approximate surface area is 127 Å². The Morgan fingerprint density at radius 2 is 1.95 bits per heavy atom. The SMILES string of the molecule is O=C(O)c1ccc(CS(=O)c2ccc3c(c2)OCCO3)s1. The lowest BCUT2D eigenvalue weighted by atomic mass is 10.3. The van der Waals surface area contributed by atoms with Gasteiger partial charge < -0.3 is 14.6 Å². The summed E-state index contributed by atoms with van der Waals surface area (Å²) in [6.45, 7) is 0.999. The van der Waals surface area contributed by atoms with Crippen molar-refractivity contribution in [3.05, 3.63) is 40.1 Å². The molecule has 0 spiro atoms. The van der Waals surface area contributed by atoms with Gasteiger partial charge in [0.15, 0.2) is 11.5 Å². The number of rotatable bonds is 4. The van der Waals surface area contributed by atoms with Gasteiger partial charge in [-0.2, -0.15) is 0 Å². The Kier molecular flexibility index (Phi) is 3.94. The van der Waals surface area contributed by atoms with Crippen LogP contribution in [0.1, 0.15) is 14.5 Å². The Hall–Kier alpha value is -1.86. The molecule has 2 heterocycles. The molecule has 0 fully saturated rings. The summed E-state index contributed by atoms with van der Waals surface area (Å²) in [5.41, 5.74) is 0. The zero-order valence-corrected chi connectivity index (χ0v) is 12.5. The minimum absolute atomic E-state index is 0.254. The summed E-state index contributed by atoms with van der Waals surface area (Å²) in [6, 6.07) is 8.44. The Morgan fingerprint density at radius 1 is 1.19 bits per heavy atom. The molecule has 0 saturated carbocycles. The maximum absolute atomic E-state index is 12.4. The van der Waals surface area contributed by atoms with Gasteiger partial charge in [0.05, 0.1) is 16.6 Å². The molecule has 1 aliphatic heterocycles.